The first-order valence-corrected chi connectivity index (χ1v) is 10.9. The molecule has 28 heavy (non-hydrogen) atoms. The first-order valence-electron chi connectivity index (χ1n) is 9.46. The molecule has 1 fully saturated rings. The van der Waals surface area contributed by atoms with Crippen LogP contribution in [0.25, 0.3) is 10.8 Å². The number of benzene rings is 3. The Labute approximate surface area is 166 Å². The lowest BCUT2D eigenvalue weighted by Gasteiger charge is -2.29. The Bertz CT molecular complexity index is 1060. The van der Waals surface area contributed by atoms with Crippen molar-refractivity contribution in [1.82, 2.24) is 4.90 Å². The molecule has 0 radical (unpaired) electrons. The Morgan fingerprint density at radius 2 is 1.61 bits per heavy atom. The molecule has 3 aromatic rings. The molecule has 0 saturated carbocycles. The summed E-state index contributed by atoms with van der Waals surface area (Å²) in [7, 11) is -1.53. The van der Waals surface area contributed by atoms with Crippen LogP contribution in [-0.4, -0.2) is 39.6 Å². The molecule has 1 aliphatic rings. The maximum atomic E-state index is 12.7. The van der Waals surface area contributed by atoms with Crippen LogP contribution in [0.1, 0.15) is 12.8 Å². The fourth-order valence-electron chi connectivity index (χ4n) is 3.45. The zero-order valence-corrected chi connectivity index (χ0v) is 16.7. The number of anilines is 1. The minimum Gasteiger partial charge on any atom is -0.490 e. The first kappa shape index (κ1) is 18.8. The van der Waals surface area contributed by atoms with Crippen LogP contribution in [0.2, 0.25) is 0 Å². The third-order valence-electron chi connectivity index (χ3n) is 5.11. The zero-order chi connectivity index (χ0) is 19.6. The SMILES string of the molecule is CN1CCC(Oc2ccc(NS(=O)(=O)c3ccc4ccccc4c3)cc2)CC1. The summed E-state index contributed by atoms with van der Waals surface area (Å²) in [6, 6.07) is 19.9. The molecule has 5 nitrogen and oxygen atoms in total. The van der Waals surface area contributed by atoms with Crippen LogP contribution < -0.4 is 9.46 Å². The van der Waals surface area contributed by atoms with Crippen molar-refractivity contribution in [3.8, 4) is 5.75 Å². The van der Waals surface area contributed by atoms with Crippen LogP contribution in [0.5, 0.6) is 5.75 Å². The van der Waals surface area contributed by atoms with Gasteiger partial charge in [-0.05, 0) is 67.1 Å². The van der Waals surface area contributed by atoms with Crippen molar-refractivity contribution < 1.29 is 13.2 Å². The van der Waals surface area contributed by atoms with Gasteiger partial charge in [-0.3, -0.25) is 4.72 Å². The van der Waals surface area contributed by atoms with Gasteiger partial charge in [-0.1, -0.05) is 30.3 Å². The highest BCUT2D eigenvalue weighted by molar-refractivity contribution is 7.92. The molecule has 1 saturated heterocycles. The molecule has 0 bridgehead atoms. The predicted molar refractivity (Wildman–Crippen MR) is 112 cm³/mol. The molecule has 146 valence electrons. The van der Waals surface area contributed by atoms with Crippen molar-refractivity contribution in [2.45, 2.75) is 23.8 Å². The Morgan fingerprint density at radius 1 is 0.929 bits per heavy atom. The summed E-state index contributed by atoms with van der Waals surface area (Å²) in [5.41, 5.74) is 0.517. The van der Waals surface area contributed by atoms with E-state index in [1.54, 1.807) is 24.3 Å². The monoisotopic (exact) mass is 396 g/mol. The fourth-order valence-corrected chi connectivity index (χ4v) is 4.54. The van der Waals surface area contributed by atoms with E-state index >= 15 is 0 Å². The van der Waals surface area contributed by atoms with E-state index in [0.717, 1.165) is 42.5 Å². The lowest BCUT2D eigenvalue weighted by atomic mass is 10.1. The summed E-state index contributed by atoms with van der Waals surface area (Å²) < 4.78 is 34.1. The van der Waals surface area contributed by atoms with Crippen molar-refractivity contribution in [2.24, 2.45) is 0 Å². The highest BCUT2D eigenvalue weighted by atomic mass is 32.2. The highest BCUT2D eigenvalue weighted by Gasteiger charge is 2.18. The number of rotatable bonds is 5. The molecule has 0 atom stereocenters. The van der Waals surface area contributed by atoms with E-state index in [2.05, 4.69) is 16.7 Å². The van der Waals surface area contributed by atoms with Gasteiger partial charge >= 0.3 is 0 Å². The molecule has 0 amide bonds. The van der Waals surface area contributed by atoms with Crippen LogP contribution >= 0.6 is 0 Å². The zero-order valence-electron chi connectivity index (χ0n) is 15.8. The summed E-state index contributed by atoms with van der Waals surface area (Å²) >= 11 is 0. The van der Waals surface area contributed by atoms with E-state index in [4.69, 9.17) is 4.74 Å². The molecule has 4 rings (SSSR count). The molecule has 1 aliphatic heterocycles. The van der Waals surface area contributed by atoms with Crippen LogP contribution in [0.3, 0.4) is 0 Å². The maximum Gasteiger partial charge on any atom is 0.261 e. The largest absolute Gasteiger partial charge is 0.490 e. The molecule has 1 heterocycles. The smallest absolute Gasteiger partial charge is 0.261 e. The number of ether oxygens (including phenoxy) is 1. The first-order chi connectivity index (χ1) is 13.5. The summed E-state index contributed by atoms with van der Waals surface area (Å²) in [5, 5.41) is 1.91. The van der Waals surface area contributed by atoms with Crippen LogP contribution in [0, 0.1) is 0 Å². The molecule has 6 heteroatoms. The maximum absolute atomic E-state index is 12.7. The number of nitrogens with zero attached hydrogens (tertiary/aromatic N) is 1. The topological polar surface area (TPSA) is 58.6 Å². The van der Waals surface area contributed by atoms with E-state index in [1.807, 2.05) is 42.5 Å². The lowest BCUT2D eigenvalue weighted by molar-refractivity contribution is 0.114. The van der Waals surface area contributed by atoms with Gasteiger partial charge in [0, 0.05) is 18.8 Å². The lowest BCUT2D eigenvalue weighted by Crippen LogP contribution is -2.35. The highest BCUT2D eigenvalue weighted by Crippen LogP contribution is 2.24. The normalized spacial score (nSPS) is 16.2. The molecular weight excluding hydrogens is 372 g/mol. The van der Waals surface area contributed by atoms with Crippen molar-refractivity contribution in [3.63, 3.8) is 0 Å². The van der Waals surface area contributed by atoms with E-state index in [9.17, 15) is 8.42 Å². The summed E-state index contributed by atoms with van der Waals surface area (Å²) in [4.78, 5) is 2.54. The van der Waals surface area contributed by atoms with Crippen LogP contribution in [0.4, 0.5) is 5.69 Å². The van der Waals surface area contributed by atoms with E-state index < -0.39 is 10.0 Å². The van der Waals surface area contributed by atoms with Crippen molar-refractivity contribution in [1.29, 1.82) is 0 Å². The Hall–Kier alpha value is -2.57. The molecule has 0 spiro atoms. The van der Waals surface area contributed by atoms with E-state index in [0.29, 0.717) is 5.69 Å². The van der Waals surface area contributed by atoms with Gasteiger partial charge < -0.3 is 9.64 Å². The van der Waals surface area contributed by atoms with Gasteiger partial charge in [0.15, 0.2) is 0 Å². The summed E-state index contributed by atoms with van der Waals surface area (Å²) in [5.74, 6) is 0.767. The van der Waals surface area contributed by atoms with Crippen LogP contribution in [-0.2, 0) is 10.0 Å². The Morgan fingerprint density at radius 3 is 2.32 bits per heavy atom. The van der Waals surface area contributed by atoms with Gasteiger partial charge in [-0.2, -0.15) is 0 Å². The summed E-state index contributed by atoms with van der Waals surface area (Å²) in [6.45, 7) is 2.07. The third kappa shape index (κ3) is 4.29. The quantitative estimate of drug-likeness (QED) is 0.705. The van der Waals surface area contributed by atoms with Crippen molar-refractivity contribution >= 4 is 26.5 Å². The molecule has 3 aromatic carbocycles. The molecular formula is C22H24N2O3S. The van der Waals surface area contributed by atoms with Gasteiger partial charge in [0.05, 0.1) is 4.90 Å². The minimum atomic E-state index is -3.65. The minimum absolute atomic E-state index is 0.219. The molecule has 1 N–H and O–H groups in total. The number of piperidine rings is 1. The number of hydrogen-bond acceptors (Lipinski definition) is 4. The predicted octanol–water partition coefficient (Wildman–Crippen LogP) is 4.11. The van der Waals surface area contributed by atoms with Gasteiger partial charge in [-0.25, -0.2) is 8.42 Å². The molecule has 0 unspecified atom stereocenters. The van der Waals surface area contributed by atoms with Gasteiger partial charge in [-0.15, -0.1) is 0 Å². The second-order valence-corrected chi connectivity index (χ2v) is 8.94. The second kappa shape index (κ2) is 7.81. The van der Waals surface area contributed by atoms with Crippen molar-refractivity contribution in [2.75, 3.05) is 24.9 Å². The second-order valence-electron chi connectivity index (χ2n) is 7.26. The van der Waals surface area contributed by atoms with E-state index in [1.165, 1.54) is 0 Å². The Balaban J connectivity index is 1.45. The Kier molecular flexibility index (Phi) is 5.24. The fraction of sp³-hybridized carbons (Fsp3) is 0.273. The summed E-state index contributed by atoms with van der Waals surface area (Å²) in [6.07, 6.45) is 2.23. The number of sulfonamides is 1. The van der Waals surface area contributed by atoms with Gasteiger partial charge in [0.1, 0.15) is 11.9 Å². The standard InChI is InChI=1S/C22H24N2O3S/c1-24-14-12-21(13-15-24)27-20-9-7-19(8-10-20)23-28(25,26)22-11-6-17-4-2-3-5-18(17)16-22/h2-11,16,21,23H,12-15H2,1H3. The molecule has 0 aromatic heterocycles. The van der Waals surface area contributed by atoms with Gasteiger partial charge in [0.2, 0.25) is 0 Å². The number of nitrogens with one attached hydrogen (secondary N) is 1. The van der Waals surface area contributed by atoms with Crippen LogP contribution in [0.15, 0.2) is 71.6 Å². The molecule has 0 aliphatic carbocycles. The van der Waals surface area contributed by atoms with Crippen molar-refractivity contribution in [3.05, 3.63) is 66.7 Å². The number of likely N-dealkylation sites (tertiary alicyclic amines) is 1. The van der Waals surface area contributed by atoms with E-state index in [-0.39, 0.29) is 11.0 Å². The number of fused-ring (bicyclic) bond motifs is 1. The van der Waals surface area contributed by atoms with Gasteiger partial charge in [0.25, 0.3) is 10.0 Å². The number of hydrogen-bond donors (Lipinski definition) is 1. The average Bonchev–Trinajstić information content (AvgIpc) is 2.70. The average molecular weight is 397 g/mol. The third-order valence-corrected chi connectivity index (χ3v) is 6.49.